The largest absolute Gasteiger partial charge is 0.481 e. The summed E-state index contributed by atoms with van der Waals surface area (Å²) in [5.74, 6) is -1.13. The fourth-order valence-electron chi connectivity index (χ4n) is 2.40. The molecule has 0 saturated heterocycles. The summed E-state index contributed by atoms with van der Waals surface area (Å²) in [6, 6.07) is 5.62. The number of nitrogens with one attached hydrogen (secondary N) is 2. The third-order valence-corrected chi connectivity index (χ3v) is 3.72. The highest BCUT2D eigenvalue weighted by Gasteiger charge is 2.15. The summed E-state index contributed by atoms with van der Waals surface area (Å²) in [5.41, 5.74) is 3.60. The molecule has 1 heterocycles. The van der Waals surface area contributed by atoms with Crippen LogP contribution in [0.4, 0.5) is 0 Å². The van der Waals surface area contributed by atoms with Gasteiger partial charge in [-0.05, 0) is 31.4 Å². The second-order valence-electron chi connectivity index (χ2n) is 5.52. The third-order valence-electron chi connectivity index (χ3n) is 3.72. The summed E-state index contributed by atoms with van der Waals surface area (Å²) in [4.78, 5) is 26.2. The molecule has 1 amide bonds. The van der Waals surface area contributed by atoms with Crippen molar-refractivity contribution >= 4 is 22.8 Å². The quantitative estimate of drug-likeness (QED) is 0.791. The number of fused-ring (bicyclic) bond motifs is 1. The van der Waals surface area contributed by atoms with E-state index in [1.165, 1.54) is 0 Å². The van der Waals surface area contributed by atoms with Crippen molar-refractivity contribution in [3.05, 3.63) is 35.0 Å². The van der Waals surface area contributed by atoms with Gasteiger partial charge in [0.15, 0.2) is 0 Å². The van der Waals surface area contributed by atoms with E-state index >= 15 is 0 Å². The van der Waals surface area contributed by atoms with E-state index in [0.29, 0.717) is 12.1 Å². The Morgan fingerprint density at radius 2 is 2.05 bits per heavy atom. The molecule has 1 unspecified atom stereocenters. The van der Waals surface area contributed by atoms with Gasteiger partial charge in [0.1, 0.15) is 0 Å². The van der Waals surface area contributed by atoms with E-state index in [1.807, 2.05) is 26.0 Å². The third kappa shape index (κ3) is 3.24. The number of para-hydroxylation sites is 1. The molecule has 3 N–H and O–H groups in total. The maximum absolute atomic E-state index is 12.3. The molecule has 0 aliphatic carbocycles. The number of carboxylic acids is 1. The number of carbonyl (C=O) groups is 2. The van der Waals surface area contributed by atoms with E-state index in [1.54, 1.807) is 13.0 Å². The summed E-state index contributed by atoms with van der Waals surface area (Å²) in [6.07, 6.45) is 0.0468. The van der Waals surface area contributed by atoms with Gasteiger partial charge in [-0.2, -0.15) is 0 Å². The Morgan fingerprint density at radius 3 is 2.71 bits per heavy atom. The average molecular weight is 288 g/mol. The Hall–Kier alpha value is -2.30. The number of aromatic nitrogens is 1. The molecule has 1 aromatic carbocycles. The van der Waals surface area contributed by atoms with Crippen LogP contribution in [-0.4, -0.2) is 28.5 Å². The van der Waals surface area contributed by atoms with Gasteiger partial charge < -0.3 is 15.4 Å². The molecule has 0 fully saturated rings. The minimum Gasteiger partial charge on any atom is -0.481 e. The number of amides is 1. The zero-order chi connectivity index (χ0) is 15.6. The molecule has 0 radical (unpaired) electrons. The van der Waals surface area contributed by atoms with Gasteiger partial charge in [-0.1, -0.05) is 19.1 Å². The van der Waals surface area contributed by atoms with Crippen LogP contribution in [0.3, 0.4) is 0 Å². The fraction of sp³-hybridized carbons (Fsp3) is 0.375. The molecule has 112 valence electrons. The fourth-order valence-corrected chi connectivity index (χ4v) is 2.40. The van der Waals surface area contributed by atoms with Crippen LogP contribution in [0, 0.1) is 19.8 Å². The first-order valence-corrected chi connectivity index (χ1v) is 6.98. The number of H-pyrrole nitrogens is 1. The Balaban J connectivity index is 2.16. The van der Waals surface area contributed by atoms with Gasteiger partial charge in [0.05, 0.1) is 11.1 Å². The number of carbonyl (C=O) groups excluding carboxylic acids is 1. The summed E-state index contributed by atoms with van der Waals surface area (Å²) >= 11 is 0. The summed E-state index contributed by atoms with van der Waals surface area (Å²) in [7, 11) is 0. The molecular formula is C16H20N2O3. The molecule has 2 rings (SSSR count). The molecule has 0 aliphatic rings. The first-order valence-electron chi connectivity index (χ1n) is 6.98. The molecule has 0 aliphatic heterocycles. The molecule has 0 saturated carbocycles. The lowest BCUT2D eigenvalue weighted by Gasteiger charge is -2.11. The van der Waals surface area contributed by atoms with Gasteiger partial charge in [0.25, 0.3) is 5.91 Å². The molecule has 21 heavy (non-hydrogen) atoms. The molecule has 5 heteroatoms. The zero-order valence-electron chi connectivity index (χ0n) is 12.5. The number of aromatic amines is 1. The number of hydrogen-bond donors (Lipinski definition) is 3. The van der Waals surface area contributed by atoms with Crippen LogP contribution >= 0.6 is 0 Å². The maximum atomic E-state index is 12.3. The van der Waals surface area contributed by atoms with Crippen LogP contribution in [0.25, 0.3) is 10.9 Å². The van der Waals surface area contributed by atoms with E-state index in [9.17, 15) is 9.59 Å². The maximum Gasteiger partial charge on any atom is 0.303 e. The monoisotopic (exact) mass is 288 g/mol. The van der Waals surface area contributed by atoms with Crippen LogP contribution in [0.5, 0.6) is 0 Å². The summed E-state index contributed by atoms with van der Waals surface area (Å²) in [5, 5.41) is 12.6. The van der Waals surface area contributed by atoms with Crippen molar-refractivity contribution in [2.24, 2.45) is 5.92 Å². The number of carboxylic acid groups (broad SMARTS) is 1. The van der Waals surface area contributed by atoms with Crippen LogP contribution < -0.4 is 5.32 Å². The predicted molar refractivity (Wildman–Crippen MR) is 81.5 cm³/mol. The van der Waals surface area contributed by atoms with Crippen LogP contribution in [-0.2, 0) is 4.79 Å². The highest BCUT2D eigenvalue weighted by Crippen LogP contribution is 2.24. The Kier molecular flexibility index (Phi) is 4.31. The van der Waals surface area contributed by atoms with Crippen molar-refractivity contribution in [1.82, 2.24) is 10.3 Å². The first-order chi connectivity index (χ1) is 9.90. The molecule has 0 bridgehead atoms. The van der Waals surface area contributed by atoms with Gasteiger partial charge in [0, 0.05) is 24.0 Å². The van der Waals surface area contributed by atoms with Crippen molar-refractivity contribution in [3.8, 4) is 0 Å². The van der Waals surface area contributed by atoms with E-state index in [-0.39, 0.29) is 18.2 Å². The lowest BCUT2D eigenvalue weighted by Crippen LogP contribution is -2.29. The van der Waals surface area contributed by atoms with E-state index in [0.717, 1.165) is 22.2 Å². The van der Waals surface area contributed by atoms with Gasteiger partial charge in [-0.15, -0.1) is 0 Å². The second-order valence-corrected chi connectivity index (χ2v) is 5.52. The Labute approximate surface area is 123 Å². The normalized spacial score (nSPS) is 12.3. The number of benzene rings is 1. The zero-order valence-corrected chi connectivity index (χ0v) is 12.5. The molecule has 5 nitrogen and oxygen atoms in total. The second kappa shape index (κ2) is 5.99. The van der Waals surface area contributed by atoms with Crippen molar-refractivity contribution in [1.29, 1.82) is 0 Å². The highest BCUT2D eigenvalue weighted by molar-refractivity contribution is 6.06. The average Bonchev–Trinajstić information content (AvgIpc) is 2.71. The van der Waals surface area contributed by atoms with E-state index in [4.69, 9.17) is 5.11 Å². The summed E-state index contributed by atoms with van der Waals surface area (Å²) in [6.45, 7) is 6.15. The number of aliphatic carboxylic acids is 1. The lowest BCUT2D eigenvalue weighted by atomic mass is 10.1. The highest BCUT2D eigenvalue weighted by atomic mass is 16.4. The van der Waals surface area contributed by atoms with Gasteiger partial charge >= 0.3 is 5.97 Å². The number of hydrogen-bond acceptors (Lipinski definition) is 2. The van der Waals surface area contributed by atoms with E-state index < -0.39 is 5.97 Å². The van der Waals surface area contributed by atoms with Crippen molar-refractivity contribution in [3.63, 3.8) is 0 Å². The minimum absolute atomic E-state index is 0.0468. The summed E-state index contributed by atoms with van der Waals surface area (Å²) < 4.78 is 0. The standard InChI is InChI=1S/C16H20N2O3/c1-9(7-14(19)20)8-17-16(21)13-6-4-5-12-10(2)11(3)18-15(12)13/h4-6,9,18H,7-8H2,1-3H3,(H,17,21)(H,19,20). The van der Waals surface area contributed by atoms with Gasteiger partial charge in [-0.25, -0.2) is 0 Å². The van der Waals surface area contributed by atoms with E-state index in [2.05, 4.69) is 10.3 Å². The molecular weight excluding hydrogens is 268 g/mol. The molecule has 1 aromatic heterocycles. The van der Waals surface area contributed by atoms with Crippen molar-refractivity contribution < 1.29 is 14.7 Å². The number of aryl methyl sites for hydroxylation is 2. The van der Waals surface area contributed by atoms with Gasteiger partial charge in [0.2, 0.25) is 0 Å². The smallest absolute Gasteiger partial charge is 0.303 e. The lowest BCUT2D eigenvalue weighted by molar-refractivity contribution is -0.137. The Bertz CT molecular complexity index is 688. The topological polar surface area (TPSA) is 82.2 Å². The SMILES string of the molecule is Cc1[nH]c2c(C(=O)NCC(C)CC(=O)O)cccc2c1C. The Morgan fingerprint density at radius 1 is 1.33 bits per heavy atom. The van der Waals surface area contributed by atoms with Crippen LogP contribution in [0.2, 0.25) is 0 Å². The van der Waals surface area contributed by atoms with Crippen LogP contribution in [0.15, 0.2) is 18.2 Å². The van der Waals surface area contributed by atoms with Crippen molar-refractivity contribution in [2.45, 2.75) is 27.2 Å². The first kappa shape index (κ1) is 15.1. The molecule has 0 spiro atoms. The predicted octanol–water partition coefficient (Wildman–Crippen LogP) is 2.63. The van der Waals surface area contributed by atoms with Crippen LogP contribution in [0.1, 0.15) is 35.0 Å². The van der Waals surface area contributed by atoms with Crippen molar-refractivity contribution in [2.75, 3.05) is 6.54 Å². The van der Waals surface area contributed by atoms with Gasteiger partial charge in [-0.3, -0.25) is 9.59 Å². The minimum atomic E-state index is -0.852. The molecule has 1 atom stereocenters. The number of rotatable bonds is 5. The molecule has 2 aromatic rings.